The lowest BCUT2D eigenvalue weighted by Gasteiger charge is -2.45. The van der Waals surface area contributed by atoms with Crippen molar-refractivity contribution in [3.8, 4) is 11.1 Å². The molecule has 0 saturated heterocycles. The molecule has 0 spiro atoms. The molecule has 0 saturated carbocycles. The van der Waals surface area contributed by atoms with E-state index in [0.717, 1.165) is 31.2 Å². The first kappa shape index (κ1) is 23.4. The van der Waals surface area contributed by atoms with Crippen molar-refractivity contribution in [2.75, 3.05) is 0 Å². The van der Waals surface area contributed by atoms with Gasteiger partial charge in [-0.15, -0.1) is 0 Å². The van der Waals surface area contributed by atoms with E-state index in [0.29, 0.717) is 22.3 Å². The van der Waals surface area contributed by atoms with Gasteiger partial charge in [-0.05, 0) is 74.8 Å². The first-order valence-corrected chi connectivity index (χ1v) is 13.3. The third-order valence-electron chi connectivity index (χ3n) is 7.14. The highest BCUT2D eigenvalue weighted by atomic mass is 79.9. The van der Waals surface area contributed by atoms with Gasteiger partial charge in [0.1, 0.15) is 11.2 Å². The average Bonchev–Trinajstić information content (AvgIpc) is 2.93. The van der Waals surface area contributed by atoms with Crippen molar-refractivity contribution in [2.45, 2.75) is 11.2 Å². The van der Waals surface area contributed by atoms with Crippen LogP contribution in [0, 0.1) is 0 Å². The number of fused-ring (bicyclic) bond motifs is 2. The second-order valence-electron chi connectivity index (χ2n) is 9.11. The first-order valence-electron chi connectivity index (χ1n) is 11.7. The molecule has 6 rings (SSSR count). The normalized spacial score (nSPS) is 20.4. The van der Waals surface area contributed by atoms with Crippen LogP contribution in [-0.2, 0) is 11.2 Å². The quantitative estimate of drug-likeness (QED) is 0.223. The van der Waals surface area contributed by atoms with Crippen LogP contribution in [0.25, 0.3) is 11.1 Å². The van der Waals surface area contributed by atoms with Gasteiger partial charge in [-0.3, -0.25) is 0 Å². The summed E-state index contributed by atoms with van der Waals surface area (Å²) in [6, 6.07) is 39.2. The predicted octanol–water partition coefficient (Wildman–Crippen LogP) is 7.76. The fourth-order valence-electron chi connectivity index (χ4n) is 5.38. The largest absolute Gasteiger partial charge is 0.376 e. The Morgan fingerprint density at radius 1 is 0.417 bits per heavy atom. The standard InChI is InChI=1S/C32H22Br2O2/c33-25-15-11-23(12-16-25)31(35)27-8-4-5-9-28(27)32(36,24-13-17-26(34)18-14-24)30-20-22(10-19-29(30)31)21-6-2-1-3-7-21/h1-20,35-36H. The van der Waals surface area contributed by atoms with Crippen LogP contribution in [0.2, 0.25) is 0 Å². The summed E-state index contributed by atoms with van der Waals surface area (Å²) in [6.45, 7) is 0. The van der Waals surface area contributed by atoms with Crippen molar-refractivity contribution in [3.05, 3.63) is 164 Å². The minimum absolute atomic E-state index is 0.661. The van der Waals surface area contributed by atoms with Gasteiger partial charge < -0.3 is 10.2 Å². The summed E-state index contributed by atoms with van der Waals surface area (Å²) in [7, 11) is 0. The van der Waals surface area contributed by atoms with Gasteiger partial charge in [-0.1, -0.05) is 123 Å². The molecule has 5 aromatic rings. The van der Waals surface area contributed by atoms with Crippen LogP contribution in [0.3, 0.4) is 0 Å². The number of hydrogen-bond donors (Lipinski definition) is 2. The van der Waals surface area contributed by atoms with E-state index in [4.69, 9.17) is 0 Å². The summed E-state index contributed by atoms with van der Waals surface area (Å²) in [5.41, 5.74) is 3.25. The van der Waals surface area contributed by atoms with E-state index >= 15 is 0 Å². The number of rotatable bonds is 3. The maximum atomic E-state index is 12.7. The zero-order valence-corrected chi connectivity index (χ0v) is 22.4. The highest BCUT2D eigenvalue weighted by Gasteiger charge is 2.50. The predicted molar refractivity (Wildman–Crippen MR) is 151 cm³/mol. The van der Waals surface area contributed by atoms with Crippen LogP contribution in [-0.4, -0.2) is 10.2 Å². The molecule has 0 heterocycles. The van der Waals surface area contributed by atoms with Gasteiger partial charge in [0.25, 0.3) is 0 Å². The topological polar surface area (TPSA) is 40.5 Å². The Balaban J connectivity index is 1.71. The van der Waals surface area contributed by atoms with Gasteiger partial charge in [0, 0.05) is 8.95 Å². The molecule has 0 fully saturated rings. The molecule has 0 aliphatic heterocycles. The highest BCUT2D eigenvalue weighted by Crippen LogP contribution is 2.53. The monoisotopic (exact) mass is 596 g/mol. The SMILES string of the molecule is OC1(c2ccc(Br)cc2)c2ccccc2C(O)(c2ccc(Br)cc2)c2cc(-c3ccccc3)ccc21. The summed E-state index contributed by atoms with van der Waals surface area (Å²) in [4.78, 5) is 0. The maximum absolute atomic E-state index is 12.7. The van der Waals surface area contributed by atoms with E-state index in [2.05, 4.69) is 44.0 Å². The molecule has 0 radical (unpaired) electrons. The molecule has 4 heteroatoms. The Kier molecular flexibility index (Phi) is 5.73. The van der Waals surface area contributed by atoms with E-state index in [1.54, 1.807) is 0 Å². The number of aliphatic hydroxyl groups is 2. The van der Waals surface area contributed by atoms with E-state index in [9.17, 15) is 10.2 Å². The Morgan fingerprint density at radius 2 is 0.861 bits per heavy atom. The van der Waals surface area contributed by atoms with Crippen molar-refractivity contribution in [2.24, 2.45) is 0 Å². The van der Waals surface area contributed by atoms with Crippen LogP contribution >= 0.6 is 31.9 Å². The Morgan fingerprint density at radius 3 is 1.39 bits per heavy atom. The fraction of sp³-hybridized carbons (Fsp3) is 0.0625. The van der Waals surface area contributed by atoms with Gasteiger partial charge >= 0.3 is 0 Å². The van der Waals surface area contributed by atoms with Gasteiger partial charge in [0.05, 0.1) is 0 Å². The van der Waals surface area contributed by atoms with Gasteiger partial charge in [-0.25, -0.2) is 0 Å². The van der Waals surface area contributed by atoms with Crippen LogP contribution in [0.5, 0.6) is 0 Å². The van der Waals surface area contributed by atoms with E-state index in [1.807, 2.05) is 109 Å². The summed E-state index contributed by atoms with van der Waals surface area (Å²) in [6.07, 6.45) is 0. The lowest BCUT2D eigenvalue weighted by atomic mass is 9.63. The summed E-state index contributed by atoms with van der Waals surface area (Å²) in [5, 5.41) is 25.3. The fourth-order valence-corrected chi connectivity index (χ4v) is 5.91. The molecule has 2 unspecified atom stereocenters. The zero-order valence-electron chi connectivity index (χ0n) is 19.2. The first-order chi connectivity index (χ1) is 17.4. The molecule has 176 valence electrons. The Hall–Kier alpha value is -3.02. The lowest BCUT2D eigenvalue weighted by Crippen LogP contribution is -2.44. The van der Waals surface area contributed by atoms with Crippen molar-refractivity contribution >= 4 is 31.9 Å². The molecule has 5 aromatic carbocycles. The third-order valence-corrected chi connectivity index (χ3v) is 8.19. The van der Waals surface area contributed by atoms with Crippen molar-refractivity contribution in [1.82, 2.24) is 0 Å². The Bertz CT molecular complexity index is 1560. The van der Waals surface area contributed by atoms with Crippen molar-refractivity contribution in [3.63, 3.8) is 0 Å². The van der Waals surface area contributed by atoms with Crippen LogP contribution in [0.4, 0.5) is 0 Å². The molecule has 0 bridgehead atoms. The summed E-state index contributed by atoms with van der Waals surface area (Å²) >= 11 is 7.04. The van der Waals surface area contributed by atoms with Crippen molar-refractivity contribution in [1.29, 1.82) is 0 Å². The third kappa shape index (κ3) is 3.52. The van der Waals surface area contributed by atoms with Gasteiger partial charge in [0.15, 0.2) is 0 Å². The molecule has 1 aliphatic carbocycles. The molecular weight excluding hydrogens is 576 g/mol. The van der Waals surface area contributed by atoms with E-state index in [-0.39, 0.29) is 0 Å². The molecule has 1 aliphatic rings. The minimum Gasteiger partial charge on any atom is -0.376 e. The average molecular weight is 598 g/mol. The second-order valence-corrected chi connectivity index (χ2v) is 10.9. The second kappa shape index (κ2) is 8.82. The summed E-state index contributed by atoms with van der Waals surface area (Å²) in [5.74, 6) is 0. The molecule has 2 N–H and O–H groups in total. The van der Waals surface area contributed by atoms with Gasteiger partial charge in [0.2, 0.25) is 0 Å². The molecule has 2 nitrogen and oxygen atoms in total. The maximum Gasteiger partial charge on any atom is 0.141 e. The van der Waals surface area contributed by atoms with Crippen LogP contribution in [0.1, 0.15) is 33.4 Å². The molecule has 36 heavy (non-hydrogen) atoms. The van der Waals surface area contributed by atoms with Crippen LogP contribution in [0.15, 0.2) is 130 Å². The molecule has 2 atom stereocenters. The number of benzene rings is 5. The van der Waals surface area contributed by atoms with Crippen molar-refractivity contribution < 1.29 is 10.2 Å². The highest BCUT2D eigenvalue weighted by molar-refractivity contribution is 9.10. The smallest absolute Gasteiger partial charge is 0.141 e. The van der Waals surface area contributed by atoms with E-state index in [1.165, 1.54) is 0 Å². The Labute approximate surface area is 227 Å². The van der Waals surface area contributed by atoms with E-state index < -0.39 is 11.2 Å². The van der Waals surface area contributed by atoms with Crippen LogP contribution < -0.4 is 0 Å². The minimum atomic E-state index is -1.46. The number of halogens is 2. The molecule has 0 amide bonds. The zero-order chi connectivity index (χ0) is 24.9. The number of hydrogen-bond acceptors (Lipinski definition) is 2. The lowest BCUT2D eigenvalue weighted by molar-refractivity contribution is 0.0748. The molecule has 0 aromatic heterocycles. The summed E-state index contributed by atoms with van der Waals surface area (Å²) < 4.78 is 1.87. The van der Waals surface area contributed by atoms with Gasteiger partial charge in [-0.2, -0.15) is 0 Å². The molecular formula is C32H22Br2O2.